The highest BCUT2D eigenvalue weighted by Crippen LogP contribution is 2.19. The summed E-state index contributed by atoms with van der Waals surface area (Å²) in [7, 11) is 1.64. The molecule has 1 N–H and O–H groups in total. The molecule has 128 valence electrons. The highest BCUT2D eigenvalue weighted by molar-refractivity contribution is 5.78. The molecule has 0 aromatic heterocycles. The van der Waals surface area contributed by atoms with Gasteiger partial charge in [-0.25, -0.2) is 0 Å². The SMILES string of the molecule is COc1ccc(CC(=O)NCCOc2cc(C)ccc2C)cc1C. The third-order valence-electron chi connectivity index (χ3n) is 3.85. The van der Waals surface area contributed by atoms with E-state index in [2.05, 4.69) is 11.4 Å². The molecule has 0 spiro atoms. The second-order valence-corrected chi connectivity index (χ2v) is 5.95. The summed E-state index contributed by atoms with van der Waals surface area (Å²) < 4.78 is 11.0. The Labute approximate surface area is 143 Å². The maximum Gasteiger partial charge on any atom is 0.224 e. The van der Waals surface area contributed by atoms with Crippen molar-refractivity contribution in [1.29, 1.82) is 0 Å². The first-order valence-electron chi connectivity index (χ1n) is 8.10. The van der Waals surface area contributed by atoms with E-state index in [9.17, 15) is 4.79 Å². The fourth-order valence-corrected chi connectivity index (χ4v) is 2.51. The largest absolute Gasteiger partial charge is 0.496 e. The Morgan fingerprint density at radius 3 is 2.50 bits per heavy atom. The molecule has 0 atom stereocenters. The van der Waals surface area contributed by atoms with Crippen molar-refractivity contribution in [3.8, 4) is 11.5 Å². The summed E-state index contributed by atoms with van der Waals surface area (Å²) in [6.45, 7) is 6.96. The Morgan fingerprint density at radius 1 is 1.00 bits per heavy atom. The van der Waals surface area contributed by atoms with Crippen molar-refractivity contribution in [2.45, 2.75) is 27.2 Å². The van der Waals surface area contributed by atoms with Gasteiger partial charge in [-0.1, -0.05) is 24.3 Å². The summed E-state index contributed by atoms with van der Waals surface area (Å²) in [4.78, 5) is 12.0. The number of benzene rings is 2. The molecule has 4 nitrogen and oxygen atoms in total. The lowest BCUT2D eigenvalue weighted by Crippen LogP contribution is -2.29. The molecule has 24 heavy (non-hydrogen) atoms. The van der Waals surface area contributed by atoms with Crippen molar-refractivity contribution in [3.63, 3.8) is 0 Å². The molecular weight excluding hydrogens is 302 g/mol. The topological polar surface area (TPSA) is 47.6 Å². The van der Waals surface area contributed by atoms with Crippen molar-refractivity contribution >= 4 is 5.91 Å². The van der Waals surface area contributed by atoms with E-state index in [1.54, 1.807) is 7.11 Å². The summed E-state index contributed by atoms with van der Waals surface area (Å²) >= 11 is 0. The first-order chi connectivity index (χ1) is 11.5. The molecule has 0 saturated carbocycles. The van der Waals surface area contributed by atoms with Gasteiger partial charge < -0.3 is 14.8 Å². The predicted molar refractivity (Wildman–Crippen MR) is 95.9 cm³/mol. The highest BCUT2D eigenvalue weighted by atomic mass is 16.5. The van der Waals surface area contributed by atoms with E-state index in [-0.39, 0.29) is 5.91 Å². The first kappa shape index (κ1) is 17.9. The summed E-state index contributed by atoms with van der Waals surface area (Å²) in [6.07, 6.45) is 0.355. The highest BCUT2D eigenvalue weighted by Gasteiger charge is 2.06. The Kier molecular flexibility index (Phi) is 6.24. The number of carbonyl (C=O) groups excluding carboxylic acids is 1. The van der Waals surface area contributed by atoms with Gasteiger partial charge in [-0.2, -0.15) is 0 Å². The molecule has 0 aliphatic carbocycles. The van der Waals surface area contributed by atoms with Crippen LogP contribution in [0.15, 0.2) is 36.4 Å². The van der Waals surface area contributed by atoms with E-state index >= 15 is 0 Å². The van der Waals surface area contributed by atoms with Gasteiger partial charge >= 0.3 is 0 Å². The van der Waals surface area contributed by atoms with Crippen LogP contribution in [0.3, 0.4) is 0 Å². The van der Waals surface area contributed by atoms with Gasteiger partial charge in [0.25, 0.3) is 0 Å². The number of carbonyl (C=O) groups is 1. The molecule has 0 aliphatic rings. The number of methoxy groups -OCH3 is 1. The molecule has 0 bridgehead atoms. The van der Waals surface area contributed by atoms with Crippen LogP contribution in [0.2, 0.25) is 0 Å². The molecule has 0 radical (unpaired) electrons. The Balaban J connectivity index is 1.77. The average Bonchev–Trinajstić information content (AvgIpc) is 2.55. The van der Waals surface area contributed by atoms with Gasteiger partial charge in [0, 0.05) is 0 Å². The molecule has 2 aromatic carbocycles. The van der Waals surface area contributed by atoms with Crippen LogP contribution in [0.5, 0.6) is 11.5 Å². The lowest BCUT2D eigenvalue weighted by atomic mass is 10.1. The Morgan fingerprint density at radius 2 is 1.79 bits per heavy atom. The molecule has 1 amide bonds. The van der Waals surface area contributed by atoms with Crippen molar-refractivity contribution < 1.29 is 14.3 Å². The molecule has 2 aromatic rings. The van der Waals surface area contributed by atoms with Crippen LogP contribution < -0.4 is 14.8 Å². The predicted octanol–water partition coefficient (Wildman–Crippen LogP) is 3.36. The third kappa shape index (κ3) is 5.01. The van der Waals surface area contributed by atoms with E-state index in [1.807, 2.05) is 51.1 Å². The van der Waals surface area contributed by atoms with Crippen LogP contribution in [-0.4, -0.2) is 26.2 Å². The number of hydrogen-bond donors (Lipinski definition) is 1. The Bertz CT molecular complexity index is 710. The molecule has 4 heteroatoms. The number of amides is 1. The van der Waals surface area contributed by atoms with Crippen LogP contribution in [0.25, 0.3) is 0 Å². The van der Waals surface area contributed by atoms with Gasteiger partial charge in [-0.15, -0.1) is 0 Å². The molecule has 0 saturated heterocycles. The van der Waals surface area contributed by atoms with Gasteiger partial charge in [-0.3, -0.25) is 4.79 Å². The van der Waals surface area contributed by atoms with Gasteiger partial charge in [0.2, 0.25) is 5.91 Å². The zero-order valence-corrected chi connectivity index (χ0v) is 14.8. The maximum absolute atomic E-state index is 12.0. The second kappa shape index (κ2) is 8.39. The lowest BCUT2D eigenvalue weighted by Gasteiger charge is -2.11. The summed E-state index contributed by atoms with van der Waals surface area (Å²) in [6, 6.07) is 11.9. The molecule has 0 heterocycles. The maximum atomic E-state index is 12.0. The number of rotatable bonds is 7. The minimum atomic E-state index is -0.0101. The average molecular weight is 327 g/mol. The molecule has 0 fully saturated rings. The molecular formula is C20H25NO3. The van der Waals surface area contributed by atoms with E-state index < -0.39 is 0 Å². The first-order valence-corrected chi connectivity index (χ1v) is 8.10. The van der Waals surface area contributed by atoms with E-state index in [1.165, 1.54) is 0 Å². The quantitative estimate of drug-likeness (QED) is 0.793. The fraction of sp³-hybridized carbons (Fsp3) is 0.350. The minimum Gasteiger partial charge on any atom is -0.496 e. The van der Waals surface area contributed by atoms with Crippen molar-refractivity contribution in [1.82, 2.24) is 5.32 Å². The molecule has 0 aliphatic heterocycles. The molecule has 0 unspecified atom stereocenters. The number of hydrogen-bond acceptors (Lipinski definition) is 3. The second-order valence-electron chi connectivity index (χ2n) is 5.95. The van der Waals surface area contributed by atoms with Crippen molar-refractivity contribution in [3.05, 3.63) is 58.7 Å². The number of nitrogens with one attached hydrogen (secondary N) is 1. The number of aryl methyl sites for hydroxylation is 3. The third-order valence-corrected chi connectivity index (χ3v) is 3.85. The van der Waals surface area contributed by atoms with Crippen molar-refractivity contribution in [2.24, 2.45) is 0 Å². The Hall–Kier alpha value is -2.49. The zero-order valence-electron chi connectivity index (χ0n) is 14.8. The van der Waals surface area contributed by atoms with Crippen LogP contribution in [-0.2, 0) is 11.2 Å². The van der Waals surface area contributed by atoms with Crippen LogP contribution in [0, 0.1) is 20.8 Å². The smallest absolute Gasteiger partial charge is 0.224 e. The standard InChI is InChI=1S/C20H25NO3/c1-14-5-6-15(2)19(11-14)24-10-9-21-20(22)13-17-7-8-18(23-4)16(3)12-17/h5-8,11-12H,9-10,13H2,1-4H3,(H,21,22). The van der Waals surface area contributed by atoms with E-state index in [4.69, 9.17) is 9.47 Å². The van der Waals surface area contributed by atoms with Crippen LogP contribution in [0.1, 0.15) is 22.3 Å². The summed E-state index contributed by atoms with van der Waals surface area (Å²) in [5, 5.41) is 2.89. The van der Waals surface area contributed by atoms with Crippen LogP contribution in [0.4, 0.5) is 0 Å². The van der Waals surface area contributed by atoms with Gasteiger partial charge in [0.1, 0.15) is 18.1 Å². The van der Waals surface area contributed by atoms with E-state index in [0.717, 1.165) is 33.8 Å². The minimum absolute atomic E-state index is 0.0101. The zero-order chi connectivity index (χ0) is 17.5. The lowest BCUT2D eigenvalue weighted by molar-refractivity contribution is -0.120. The monoisotopic (exact) mass is 327 g/mol. The summed E-state index contributed by atoms with van der Waals surface area (Å²) in [5.74, 6) is 1.69. The van der Waals surface area contributed by atoms with Gasteiger partial charge in [0.05, 0.1) is 20.1 Å². The summed E-state index contributed by atoms with van der Waals surface area (Å²) in [5.41, 5.74) is 4.26. The fourth-order valence-electron chi connectivity index (χ4n) is 2.51. The number of ether oxygens (including phenoxy) is 2. The van der Waals surface area contributed by atoms with Gasteiger partial charge in [0.15, 0.2) is 0 Å². The molecule has 2 rings (SSSR count). The van der Waals surface area contributed by atoms with Crippen molar-refractivity contribution in [2.75, 3.05) is 20.3 Å². The van der Waals surface area contributed by atoms with E-state index in [0.29, 0.717) is 19.6 Å². The normalized spacial score (nSPS) is 10.3. The van der Waals surface area contributed by atoms with Gasteiger partial charge in [-0.05, 0) is 55.2 Å². The van der Waals surface area contributed by atoms with Crippen LogP contribution >= 0.6 is 0 Å².